The lowest BCUT2D eigenvalue weighted by Crippen LogP contribution is -2.11. The Morgan fingerprint density at radius 2 is 1.86 bits per heavy atom. The van der Waals surface area contributed by atoms with Gasteiger partial charge in [-0.1, -0.05) is 11.6 Å². The minimum atomic E-state index is -0.0623. The molecule has 0 aliphatic carbocycles. The number of nitrogen functional groups attached to an aromatic ring is 1. The predicted molar refractivity (Wildman–Crippen MR) is 90.0 cm³/mol. The zero-order valence-corrected chi connectivity index (χ0v) is 12.7. The number of hydrogen-bond acceptors (Lipinski definition) is 3. The monoisotopic (exact) mass is 316 g/mol. The third kappa shape index (κ3) is 3.23. The molecule has 0 spiro atoms. The summed E-state index contributed by atoms with van der Waals surface area (Å²) in [6, 6.07) is 14.9. The van der Waals surface area contributed by atoms with Crippen LogP contribution in [0.25, 0.3) is 10.9 Å². The van der Waals surface area contributed by atoms with E-state index in [9.17, 15) is 4.79 Å². The van der Waals surface area contributed by atoms with Crippen molar-refractivity contribution in [1.82, 2.24) is 4.98 Å². The lowest BCUT2D eigenvalue weighted by atomic mass is 10.2. The van der Waals surface area contributed by atoms with Crippen molar-refractivity contribution in [3.8, 4) is 0 Å². The zero-order valence-electron chi connectivity index (χ0n) is 11.1. The fraction of sp³-hybridized carbons (Fsp3) is 0.0625. The number of hydrogen-bond donors (Lipinski definition) is 2. The zero-order chi connectivity index (χ0) is 14.8. The Morgan fingerprint density at radius 1 is 1.10 bits per heavy atom. The number of thioether (sulfide) groups is 1. The standard InChI is InChI=1S/C16H13ClN2OS/c17-12-1-6-15-10(8-12)7-11(16(20)19-15)9-21-14-4-2-13(18)3-5-14/h1-8H,9,18H2,(H,19,20). The highest BCUT2D eigenvalue weighted by atomic mass is 35.5. The summed E-state index contributed by atoms with van der Waals surface area (Å²) < 4.78 is 0. The number of aromatic amines is 1. The van der Waals surface area contributed by atoms with E-state index in [4.69, 9.17) is 17.3 Å². The first kappa shape index (κ1) is 14.0. The lowest BCUT2D eigenvalue weighted by Gasteiger charge is -2.04. The van der Waals surface area contributed by atoms with Gasteiger partial charge in [0.25, 0.3) is 5.56 Å². The summed E-state index contributed by atoms with van der Waals surface area (Å²) in [7, 11) is 0. The molecule has 5 heteroatoms. The molecule has 21 heavy (non-hydrogen) atoms. The molecule has 0 saturated heterocycles. The van der Waals surface area contributed by atoms with Gasteiger partial charge < -0.3 is 10.7 Å². The third-order valence-corrected chi connectivity index (χ3v) is 4.45. The molecule has 0 radical (unpaired) electrons. The molecular formula is C16H13ClN2OS. The van der Waals surface area contributed by atoms with Crippen molar-refractivity contribution in [2.45, 2.75) is 10.6 Å². The normalized spacial score (nSPS) is 10.9. The van der Waals surface area contributed by atoms with Gasteiger partial charge >= 0.3 is 0 Å². The molecule has 1 aromatic heterocycles. The van der Waals surface area contributed by atoms with Crippen molar-refractivity contribution in [2.24, 2.45) is 0 Å². The van der Waals surface area contributed by atoms with Crippen LogP contribution >= 0.6 is 23.4 Å². The second-order valence-electron chi connectivity index (χ2n) is 4.71. The summed E-state index contributed by atoms with van der Waals surface area (Å²) in [6.45, 7) is 0. The fourth-order valence-corrected chi connectivity index (χ4v) is 3.10. The van der Waals surface area contributed by atoms with E-state index in [1.807, 2.05) is 42.5 Å². The first-order valence-corrected chi connectivity index (χ1v) is 7.78. The second-order valence-corrected chi connectivity index (χ2v) is 6.20. The maximum absolute atomic E-state index is 12.1. The largest absolute Gasteiger partial charge is 0.399 e. The maximum Gasteiger partial charge on any atom is 0.252 e. The molecule has 0 atom stereocenters. The minimum Gasteiger partial charge on any atom is -0.399 e. The molecule has 2 aromatic carbocycles. The van der Waals surface area contributed by atoms with Gasteiger partial charge in [-0.05, 0) is 53.9 Å². The lowest BCUT2D eigenvalue weighted by molar-refractivity contribution is 1.21. The Bertz CT molecular complexity index is 843. The number of nitrogens with two attached hydrogens (primary N) is 1. The maximum atomic E-state index is 12.1. The molecule has 106 valence electrons. The molecule has 0 amide bonds. The van der Waals surface area contributed by atoms with Gasteiger partial charge in [0, 0.05) is 32.4 Å². The van der Waals surface area contributed by atoms with Gasteiger partial charge in [-0.25, -0.2) is 0 Å². The van der Waals surface area contributed by atoms with E-state index in [2.05, 4.69) is 4.98 Å². The van der Waals surface area contributed by atoms with Crippen molar-refractivity contribution in [1.29, 1.82) is 0 Å². The van der Waals surface area contributed by atoms with Crippen LogP contribution in [0.3, 0.4) is 0 Å². The topological polar surface area (TPSA) is 58.9 Å². The van der Waals surface area contributed by atoms with Crippen LogP contribution in [-0.2, 0) is 5.75 Å². The van der Waals surface area contributed by atoms with Crippen molar-refractivity contribution >= 4 is 40.0 Å². The Labute approximate surface area is 131 Å². The summed E-state index contributed by atoms with van der Waals surface area (Å²) in [6.07, 6.45) is 0. The van der Waals surface area contributed by atoms with Crippen LogP contribution < -0.4 is 11.3 Å². The van der Waals surface area contributed by atoms with E-state index < -0.39 is 0 Å². The number of halogens is 1. The van der Waals surface area contributed by atoms with E-state index in [0.717, 1.165) is 27.0 Å². The van der Waals surface area contributed by atoms with Crippen LogP contribution in [0.5, 0.6) is 0 Å². The van der Waals surface area contributed by atoms with E-state index >= 15 is 0 Å². The average molecular weight is 317 g/mol. The van der Waals surface area contributed by atoms with Crippen LogP contribution in [0.2, 0.25) is 5.02 Å². The van der Waals surface area contributed by atoms with Crippen LogP contribution in [0.15, 0.2) is 58.2 Å². The SMILES string of the molecule is Nc1ccc(SCc2cc3cc(Cl)ccc3[nH]c2=O)cc1. The minimum absolute atomic E-state index is 0.0623. The smallest absolute Gasteiger partial charge is 0.252 e. The number of fused-ring (bicyclic) bond motifs is 1. The summed E-state index contributed by atoms with van der Waals surface area (Å²) in [4.78, 5) is 16.0. The first-order chi connectivity index (χ1) is 10.1. The van der Waals surface area contributed by atoms with Gasteiger partial charge in [0.1, 0.15) is 0 Å². The Balaban J connectivity index is 1.87. The highest BCUT2D eigenvalue weighted by Gasteiger charge is 2.04. The predicted octanol–water partition coefficient (Wildman–Crippen LogP) is 4.06. The average Bonchev–Trinajstić information content (AvgIpc) is 2.47. The van der Waals surface area contributed by atoms with Crippen molar-refractivity contribution < 1.29 is 0 Å². The fourth-order valence-electron chi connectivity index (χ4n) is 2.06. The van der Waals surface area contributed by atoms with Crippen LogP contribution in [0.4, 0.5) is 5.69 Å². The number of nitrogens with one attached hydrogen (secondary N) is 1. The molecule has 1 heterocycles. The summed E-state index contributed by atoms with van der Waals surface area (Å²) in [5.74, 6) is 0.599. The quantitative estimate of drug-likeness (QED) is 0.566. The number of benzene rings is 2. The van der Waals surface area contributed by atoms with Crippen molar-refractivity contribution in [3.05, 3.63) is 69.5 Å². The van der Waals surface area contributed by atoms with E-state index in [-0.39, 0.29) is 5.56 Å². The molecule has 0 saturated carbocycles. The molecule has 3 rings (SSSR count). The number of rotatable bonds is 3. The molecule has 0 aliphatic rings. The van der Waals surface area contributed by atoms with E-state index in [0.29, 0.717) is 10.8 Å². The molecule has 0 fully saturated rings. The van der Waals surface area contributed by atoms with Crippen LogP contribution in [0.1, 0.15) is 5.56 Å². The molecular weight excluding hydrogens is 304 g/mol. The summed E-state index contributed by atoms with van der Waals surface area (Å²) >= 11 is 7.59. The molecule has 0 aliphatic heterocycles. The molecule has 3 nitrogen and oxygen atoms in total. The van der Waals surface area contributed by atoms with Crippen LogP contribution in [-0.4, -0.2) is 4.98 Å². The number of anilines is 1. The molecule has 3 aromatic rings. The van der Waals surface area contributed by atoms with E-state index in [1.165, 1.54) is 0 Å². The number of pyridine rings is 1. The van der Waals surface area contributed by atoms with Gasteiger partial charge in [0.2, 0.25) is 0 Å². The van der Waals surface area contributed by atoms with E-state index in [1.54, 1.807) is 17.8 Å². The Morgan fingerprint density at radius 3 is 2.62 bits per heavy atom. The molecule has 0 unspecified atom stereocenters. The van der Waals surface area contributed by atoms with Crippen LogP contribution in [0, 0.1) is 0 Å². The van der Waals surface area contributed by atoms with Gasteiger partial charge in [-0.15, -0.1) is 11.8 Å². The summed E-state index contributed by atoms with van der Waals surface area (Å²) in [5.41, 5.74) is 7.85. The highest BCUT2D eigenvalue weighted by molar-refractivity contribution is 7.98. The van der Waals surface area contributed by atoms with Crippen molar-refractivity contribution in [3.63, 3.8) is 0 Å². The Kier molecular flexibility index (Phi) is 3.90. The van der Waals surface area contributed by atoms with Crippen molar-refractivity contribution in [2.75, 3.05) is 5.73 Å². The first-order valence-electron chi connectivity index (χ1n) is 6.41. The second kappa shape index (κ2) is 5.84. The third-order valence-electron chi connectivity index (χ3n) is 3.16. The number of aromatic nitrogens is 1. The summed E-state index contributed by atoms with van der Waals surface area (Å²) in [5, 5.41) is 1.60. The molecule has 3 N–H and O–H groups in total. The van der Waals surface area contributed by atoms with Gasteiger partial charge in [0.15, 0.2) is 0 Å². The van der Waals surface area contributed by atoms with Gasteiger partial charge in [-0.3, -0.25) is 4.79 Å². The Hall–Kier alpha value is -1.91. The number of H-pyrrole nitrogens is 1. The molecule has 0 bridgehead atoms. The van der Waals surface area contributed by atoms with Gasteiger partial charge in [0.05, 0.1) is 0 Å². The highest BCUT2D eigenvalue weighted by Crippen LogP contribution is 2.24. The van der Waals surface area contributed by atoms with Gasteiger partial charge in [-0.2, -0.15) is 0 Å².